The average Bonchev–Trinajstić information content (AvgIpc) is 2.59. The van der Waals surface area contributed by atoms with Gasteiger partial charge in [-0.05, 0) is 35.0 Å². The highest BCUT2D eigenvalue weighted by molar-refractivity contribution is 5.98. The van der Waals surface area contributed by atoms with Gasteiger partial charge in [-0.3, -0.25) is 0 Å². The van der Waals surface area contributed by atoms with Crippen molar-refractivity contribution in [3.63, 3.8) is 0 Å². The molecule has 0 unspecified atom stereocenters. The van der Waals surface area contributed by atoms with Gasteiger partial charge in [0.05, 0.1) is 38.6 Å². The van der Waals surface area contributed by atoms with Crippen LogP contribution in [-0.4, -0.2) is 49.6 Å². The van der Waals surface area contributed by atoms with Gasteiger partial charge in [0, 0.05) is 0 Å². The highest BCUT2D eigenvalue weighted by Gasteiger charge is 2.08. The van der Waals surface area contributed by atoms with Crippen molar-refractivity contribution in [3.8, 4) is 0 Å². The number of hydrogen-bond acceptors (Lipinski definition) is 6. The Labute approximate surface area is 127 Å². The van der Waals surface area contributed by atoms with Crippen LogP contribution in [0.1, 0.15) is 20.7 Å². The van der Waals surface area contributed by atoms with E-state index in [1.165, 1.54) is 14.2 Å². The van der Waals surface area contributed by atoms with Crippen molar-refractivity contribution in [3.05, 3.63) is 47.5 Å². The molecule has 0 saturated carbocycles. The van der Waals surface area contributed by atoms with Crippen LogP contribution in [0.2, 0.25) is 0 Å². The van der Waals surface area contributed by atoms with Crippen molar-refractivity contribution in [2.75, 3.05) is 27.4 Å². The Balaban J connectivity index is 0.000000541. The Hall–Kier alpha value is -2.44. The molecule has 0 heterocycles. The summed E-state index contributed by atoms with van der Waals surface area (Å²) in [5.74, 6) is -0.761. The van der Waals surface area contributed by atoms with Gasteiger partial charge in [0.2, 0.25) is 0 Å². The molecule has 0 amide bonds. The third-order valence-electron chi connectivity index (χ3n) is 2.78. The van der Waals surface area contributed by atoms with Crippen molar-refractivity contribution in [1.29, 1.82) is 0 Å². The molecule has 0 radical (unpaired) electrons. The van der Waals surface area contributed by atoms with E-state index in [4.69, 9.17) is 10.2 Å². The highest BCUT2D eigenvalue weighted by Crippen LogP contribution is 2.19. The summed E-state index contributed by atoms with van der Waals surface area (Å²) in [4.78, 5) is 22.8. The third-order valence-corrected chi connectivity index (χ3v) is 2.78. The van der Waals surface area contributed by atoms with Gasteiger partial charge in [0.15, 0.2) is 0 Å². The SMILES string of the molecule is COC(=O)c1ccc2cc(C(=O)OC)ccc2c1.OCCO. The second kappa shape index (κ2) is 8.76. The van der Waals surface area contributed by atoms with Crippen LogP contribution in [0.3, 0.4) is 0 Å². The van der Waals surface area contributed by atoms with Gasteiger partial charge in [-0.15, -0.1) is 0 Å². The number of carbonyl (C=O) groups excluding carboxylic acids is 2. The molecule has 0 atom stereocenters. The lowest BCUT2D eigenvalue weighted by molar-refractivity contribution is 0.0591. The number of aliphatic hydroxyl groups is 2. The molecule has 22 heavy (non-hydrogen) atoms. The minimum Gasteiger partial charge on any atom is -0.465 e. The van der Waals surface area contributed by atoms with Crippen molar-refractivity contribution in [1.82, 2.24) is 0 Å². The molecule has 0 fully saturated rings. The van der Waals surface area contributed by atoms with E-state index < -0.39 is 0 Å². The van der Waals surface area contributed by atoms with Crippen LogP contribution in [0, 0.1) is 0 Å². The number of ether oxygens (including phenoxy) is 2. The van der Waals surface area contributed by atoms with Crippen LogP contribution in [-0.2, 0) is 9.47 Å². The van der Waals surface area contributed by atoms with Gasteiger partial charge in [0.1, 0.15) is 0 Å². The first-order chi connectivity index (χ1) is 10.6. The summed E-state index contributed by atoms with van der Waals surface area (Å²) in [6, 6.07) is 10.3. The fourth-order valence-electron chi connectivity index (χ4n) is 1.74. The van der Waals surface area contributed by atoms with Gasteiger partial charge in [0.25, 0.3) is 0 Å². The standard InChI is InChI=1S/C14H12O4.C2H6O2/c1-17-13(15)11-5-3-10-8-12(14(16)18-2)6-4-9(10)7-11;3-1-2-4/h3-8H,1-2H3;3-4H,1-2H2. The Bertz CT molecular complexity index is 593. The molecule has 2 aromatic carbocycles. The van der Waals surface area contributed by atoms with Crippen molar-refractivity contribution in [2.45, 2.75) is 0 Å². The predicted octanol–water partition coefficient (Wildman–Crippen LogP) is 1.38. The first-order valence-corrected chi connectivity index (χ1v) is 6.49. The summed E-state index contributed by atoms with van der Waals surface area (Å²) >= 11 is 0. The molecule has 6 nitrogen and oxygen atoms in total. The average molecular weight is 306 g/mol. The molecule has 6 heteroatoms. The number of hydrogen-bond donors (Lipinski definition) is 2. The summed E-state index contributed by atoms with van der Waals surface area (Å²) in [6.45, 7) is -0.250. The summed E-state index contributed by atoms with van der Waals surface area (Å²) < 4.78 is 9.30. The zero-order valence-corrected chi connectivity index (χ0v) is 12.4. The van der Waals surface area contributed by atoms with Crippen molar-refractivity contribution in [2.24, 2.45) is 0 Å². The molecule has 2 aromatic rings. The first kappa shape index (κ1) is 17.6. The smallest absolute Gasteiger partial charge is 0.337 e. The summed E-state index contributed by atoms with van der Waals surface area (Å²) in [6.07, 6.45) is 0. The van der Waals surface area contributed by atoms with E-state index in [-0.39, 0.29) is 25.2 Å². The van der Waals surface area contributed by atoms with E-state index in [9.17, 15) is 9.59 Å². The number of fused-ring (bicyclic) bond motifs is 1. The van der Waals surface area contributed by atoms with Crippen LogP contribution >= 0.6 is 0 Å². The predicted molar refractivity (Wildman–Crippen MR) is 80.8 cm³/mol. The monoisotopic (exact) mass is 306 g/mol. The molecule has 2 rings (SSSR count). The summed E-state index contributed by atoms with van der Waals surface area (Å²) in [5.41, 5.74) is 0.964. The topological polar surface area (TPSA) is 93.1 Å². The molecule has 0 bridgehead atoms. The number of carbonyl (C=O) groups is 2. The van der Waals surface area contributed by atoms with Gasteiger partial charge in [-0.1, -0.05) is 12.1 Å². The lowest BCUT2D eigenvalue weighted by Crippen LogP contribution is -2.02. The zero-order chi connectivity index (χ0) is 16.5. The molecule has 0 saturated heterocycles. The molecule has 0 spiro atoms. The minimum absolute atomic E-state index is 0.125. The fourth-order valence-corrected chi connectivity index (χ4v) is 1.74. The maximum absolute atomic E-state index is 11.4. The highest BCUT2D eigenvalue weighted by atomic mass is 16.5. The normalized spacial score (nSPS) is 9.64. The number of esters is 2. The third kappa shape index (κ3) is 4.54. The summed E-state index contributed by atoms with van der Waals surface area (Å²) in [5, 5.41) is 17.0. The minimum atomic E-state index is -0.381. The lowest BCUT2D eigenvalue weighted by Gasteiger charge is -2.04. The van der Waals surface area contributed by atoms with Gasteiger partial charge < -0.3 is 19.7 Å². The number of methoxy groups -OCH3 is 2. The van der Waals surface area contributed by atoms with Gasteiger partial charge in [-0.25, -0.2) is 9.59 Å². The molecule has 0 aliphatic carbocycles. The Kier molecular flexibility index (Phi) is 7.01. The quantitative estimate of drug-likeness (QED) is 0.832. The van der Waals surface area contributed by atoms with Crippen LogP contribution in [0.15, 0.2) is 36.4 Å². The lowest BCUT2D eigenvalue weighted by atomic mass is 10.0. The second-order valence-electron chi connectivity index (χ2n) is 4.21. The molecular weight excluding hydrogens is 288 g/mol. The van der Waals surface area contributed by atoms with Gasteiger partial charge in [-0.2, -0.15) is 0 Å². The van der Waals surface area contributed by atoms with Crippen LogP contribution in [0.25, 0.3) is 10.8 Å². The maximum Gasteiger partial charge on any atom is 0.337 e. The van der Waals surface area contributed by atoms with E-state index in [2.05, 4.69) is 9.47 Å². The largest absolute Gasteiger partial charge is 0.465 e. The summed E-state index contributed by atoms with van der Waals surface area (Å²) in [7, 11) is 2.68. The van der Waals surface area contributed by atoms with E-state index in [1.807, 2.05) is 0 Å². The Morgan fingerprint density at radius 3 is 1.45 bits per heavy atom. The second-order valence-corrected chi connectivity index (χ2v) is 4.21. The molecular formula is C16H18O6. The molecule has 2 N–H and O–H groups in total. The van der Waals surface area contributed by atoms with Crippen LogP contribution in [0.4, 0.5) is 0 Å². The first-order valence-electron chi connectivity index (χ1n) is 6.49. The molecule has 118 valence electrons. The van der Waals surface area contributed by atoms with Crippen LogP contribution < -0.4 is 0 Å². The van der Waals surface area contributed by atoms with Gasteiger partial charge >= 0.3 is 11.9 Å². The number of aliphatic hydroxyl groups excluding tert-OH is 2. The Morgan fingerprint density at radius 2 is 1.18 bits per heavy atom. The van der Waals surface area contributed by atoms with Crippen LogP contribution in [0.5, 0.6) is 0 Å². The van der Waals surface area contributed by atoms with E-state index in [0.717, 1.165) is 10.8 Å². The number of benzene rings is 2. The van der Waals surface area contributed by atoms with E-state index in [1.54, 1.807) is 36.4 Å². The molecule has 0 aliphatic rings. The van der Waals surface area contributed by atoms with Crippen molar-refractivity contribution < 1.29 is 29.3 Å². The number of rotatable bonds is 3. The molecule has 0 aromatic heterocycles. The van der Waals surface area contributed by atoms with Crippen molar-refractivity contribution >= 4 is 22.7 Å². The Morgan fingerprint density at radius 1 is 0.818 bits per heavy atom. The fraction of sp³-hybridized carbons (Fsp3) is 0.250. The van der Waals surface area contributed by atoms with E-state index in [0.29, 0.717) is 11.1 Å². The van der Waals surface area contributed by atoms with E-state index >= 15 is 0 Å². The molecule has 0 aliphatic heterocycles. The maximum atomic E-state index is 11.4. The zero-order valence-electron chi connectivity index (χ0n) is 12.4.